The molecule has 0 atom stereocenters. The van der Waals surface area contributed by atoms with Gasteiger partial charge in [-0.05, 0) is 37.6 Å². The highest BCUT2D eigenvalue weighted by atomic mass is 32.1. The van der Waals surface area contributed by atoms with Crippen LogP contribution in [0.4, 0.5) is 0 Å². The minimum atomic E-state index is 0.688. The van der Waals surface area contributed by atoms with Crippen molar-refractivity contribution in [2.75, 3.05) is 7.11 Å². The largest absolute Gasteiger partial charge is 0.496 e. The fourth-order valence-electron chi connectivity index (χ4n) is 1.65. The molecule has 17 heavy (non-hydrogen) atoms. The van der Waals surface area contributed by atoms with Crippen molar-refractivity contribution in [2.45, 2.75) is 13.8 Å². The molecule has 0 saturated heterocycles. The molecule has 0 amide bonds. The maximum absolute atomic E-state index is 10.8. The Morgan fingerprint density at radius 1 is 1.35 bits per heavy atom. The molecular weight excluding hydrogens is 234 g/mol. The fourth-order valence-corrected chi connectivity index (χ4v) is 2.53. The van der Waals surface area contributed by atoms with Crippen LogP contribution in [0.1, 0.15) is 20.9 Å². The number of thiazole rings is 1. The van der Waals surface area contributed by atoms with E-state index in [1.807, 2.05) is 32.0 Å². The van der Waals surface area contributed by atoms with E-state index >= 15 is 0 Å². The zero-order valence-corrected chi connectivity index (χ0v) is 10.8. The molecule has 0 bridgehead atoms. The number of carbonyl (C=O) groups is 1. The van der Waals surface area contributed by atoms with Crippen molar-refractivity contribution in [1.29, 1.82) is 0 Å². The minimum absolute atomic E-state index is 0.688. The summed E-state index contributed by atoms with van der Waals surface area (Å²) in [5, 5.41) is 0.871. The van der Waals surface area contributed by atoms with Crippen molar-refractivity contribution in [3.05, 3.63) is 34.3 Å². The topological polar surface area (TPSA) is 39.2 Å². The van der Waals surface area contributed by atoms with E-state index in [1.165, 1.54) is 11.3 Å². The number of aldehydes is 1. The van der Waals surface area contributed by atoms with Crippen LogP contribution in [0.5, 0.6) is 5.75 Å². The van der Waals surface area contributed by atoms with E-state index in [1.54, 1.807) is 7.11 Å². The van der Waals surface area contributed by atoms with E-state index in [0.717, 1.165) is 33.9 Å². The van der Waals surface area contributed by atoms with E-state index in [4.69, 9.17) is 4.74 Å². The summed E-state index contributed by atoms with van der Waals surface area (Å²) in [7, 11) is 1.65. The third-order valence-electron chi connectivity index (χ3n) is 2.58. The quantitative estimate of drug-likeness (QED) is 0.781. The first-order valence-corrected chi connectivity index (χ1v) is 6.05. The monoisotopic (exact) mass is 247 g/mol. The van der Waals surface area contributed by atoms with E-state index < -0.39 is 0 Å². The van der Waals surface area contributed by atoms with Gasteiger partial charge in [0.1, 0.15) is 10.8 Å². The maximum Gasteiger partial charge on any atom is 0.161 e. The van der Waals surface area contributed by atoms with Crippen LogP contribution in [-0.4, -0.2) is 18.4 Å². The lowest BCUT2D eigenvalue weighted by molar-refractivity contribution is 0.112. The molecule has 2 rings (SSSR count). The minimum Gasteiger partial charge on any atom is -0.496 e. The molecule has 4 heteroatoms. The predicted molar refractivity (Wildman–Crippen MR) is 69.0 cm³/mol. The van der Waals surface area contributed by atoms with Crippen molar-refractivity contribution in [3.8, 4) is 16.3 Å². The number of aromatic nitrogens is 1. The molecule has 88 valence electrons. The predicted octanol–water partition coefficient (Wildman–Crippen LogP) is 3.25. The molecule has 0 aliphatic carbocycles. The second kappa shape index (κ2) is 4.67. The molecule has 0 saturated carbocycles. The van der Waals surface area contributed by atoms with Gasteiger partial charge in [0.2, 0.25) is 0 Å². The average molecular weight is 247 g/mol. The number of aryl methyl sites for hydroxylation is 2. The van der Waals surface area contributed by atoms with Gasteiger partial charge in [0.25, 0.3) is 0 Å². The number of hydrogen-bond acceptors (Lipinski definition) is 4. The smallest absolute Gasteiger partial charge is 0.161 e. The van der Waals surface area contributed by atoms with E-state index in [2.05, 4.69) is 4.98 Å². The molecule has 0 radical (unpaired) electrons. The zero-order chi connectivity index (χ0) is 12.4. The number of nitrogens with zero attached hydrogens (tertiary/aromatic N) is 1. The summed E-state index contributed by atoms with van der Waals surface area (Å²) in [5.74, 6) is 0.859. The Hall–Kier alpha value is -1.68. The number of hydrogen-bond donors (Lipinski definition) is 0. The highest BCUT2D eigenvalue weighted by Gasteiger charge is 2.09. The van der Waals surface area contributed by atoms with Crippen LogP contribution in [0.2, 0.25) is 0 Å². The van der Waals surface area contributed by atoms with E-state index in [-0.39, 0.29) is 0 Å². The van der Waals surface area contributed by atoms with Crippen LogP contribution in [0.15, 0.2) is 18.2 Å². The van der Waals surface area contributed by atoms with Gasteiger partial charge in [-0.2, -0.15) is 0 Å². The van der Waals surface area contributed by atoms with E-state index in [9.17, 15) is 4.79 Å². The molecule has 0 unspecified atom stereocenters. The summed E-state index contributed by atoms with van der Waals surface area (Å²) in [6.45, 7) is 3.84. The Morgan fingerprint density at radius 2 is 2.12 bits per heavy atom. The van der Waals surface area contributed by atoms with Gasteiger partial charge in [-0.15, -0.1) is 11.3 Å². The summed E-state index contributed by atoms with van der Waals surface area (Å²) < 4.78 is 5.21. The van der Waals surface area contributed by atoms with Gasteiger partial charge in [-0.1, -0.05) is 0 Å². The van der Waals surface area contributed by atoms with Gasteiger partial charge in [-0.3, -0.25) is 4.79 Å². The Kier molecular flexibility index (Phi) is 3.24. The molecule has 1 aromatic heterocycles. The lowest BCUT2D eigenvalue weighted by Crippen LogP contribution is -1.87. The van der Waals surface area contributed by atoms with Crippen molar-refractivity contribution in [3.63, 3.8) is 0 Å². The van der Waals surface area contributed by atoms with Crippen molar-refractivity contribution >= 4 is 17.6 Å². The van der Waals surface area contributed by atoms with Gasteiger partial charge in [0.15, 0.2) is 6.29 Å². The van der Waals surface area contributed by atoms with Crippen molar-refractivity contribution < 1.29 is 9.53 Å². The average Bonchev–Trinajstić information content (AvgIpc) is 2.70. The molecule has 0 fully saturated rings. The Labute approximate surface area is 104 Å². The second-order valence-electron chi connectivity index (χ2n) is 3.77. The van der Waals surface area contributed by atoms with Gasteiger partial charge in [0.05, 0.1) is 17.7 Å². The summed E-state index contributed by atoms with van der Waals surface area (Å²) >= 11 is 1.41. The molecule has 3 nitrogen and oxygen atoms in total. The van der Waals surface area contributed by atoms with E-state index in [0.29, 0.717) is 4.88 Å². The standard InChI is InChI=1S/C13H13NO2S/c1-8-6-10(4-5-11(8)16-3)13-14-9(2)12(7-15)17-13/h4-7H,1-3H3. The number of carbonyl (C=O) groups excluding carboxylic acids is 1. The molecule has 0 spiro atoms. The number of rotatable bonds is 3. The van der Waals surface area contributed by atoms with Crippen molar-refractivity contribution in [1.82, 2.24) is 4.98 Å². The number of ether oxygens (including phenoxy) is 1. The summed E-state index contributed by atoms with van der Waals surface area (Å²) in [6.07, 6.45) is 0.854. The molecule has 0 N–H and O–H groups in total. The van der Waals surface area contributed by atoms with Crippen LogP contribution < -0.4 is 4.74 Å². The first-order chi connectivity index (χ1) is 8.15. The number of methoxy groups -OCH3 is 1. The molecule has 1 aromatic carbocycles. The van der Waals surface area contributed by atoms with Gasteiger partial charge in [0, 0.05) is 5.56 Å². The molecule has 0 aliphatic rings. The van der Waals surface area contributed by atoms with Crippen LogP contribution in [0.3, 0.4) is 0 Å². The summed E-state index contributed by atoms with van der Waals surface area (Å²) in [4.78, 5) is 15.9. The Balaban J connectivity index is 2.45. The third kappa shape index (κ3) is 2.22. The van der Waals surface area contributed by atoms with Gasteiger partial charge >= 0.3 is 0 Å². The van der Waals surface area contributed by atoms with Crippen LogP contribution in [0, 0.1) is 13.8 Å². The fraction of sp³-hybridized carbons (Fsp3) is 0.231. The van der Waals surface area contributed by atoms with Gasteiger partial charge < -0.3 is 4.74 Å². The van der Waals surface area contributed by atoms with Crippen LogP contribution >= 0.6 is 11.3 Å². The molecule has 1 heterocycles. The maximum atomic E-state index is 10.8. The van der Waals surface area contributed by atoms with Crippen LogP contribution in [-0.2, 0) is 0 Å². The summed E-state index contributed by atoms with van der Waals surface area (Å²) in [6, 6.07) is 5.90. The first kappa shape index (κ1) is 11.8. The summed E-state index contributed by atoms with van der Waals surface area (Å²) in [5.41, 5.74) is 2.86. The van der Waals surface area contributed by atoms with Gasteiger partial charge in [-0.25, -0.2) is 4.98 Å². The van der Waals surface area contributed by atoms with Crippen molar-refractivity contribution in [2.24, 2.45) is 0 Å². The molecule has 2 aromatic rings. The Bertz CT molecular complexity index is 561. The highest BCUT2D eigenvalue weighted by molar-refractivity contribution is 7.16. The van der Waals surface area contributed by atoms with Crippen LogP contribution in [0.25, 0.3) is 10.6 Å². The second-order valence-corrected chi connectivity index (χ2v) is 4.80. The lowest BCUT2D eigenvalue weighted by atomic mass is 10.1. The Morgan fingerprint density at radius 3 is 2.65 bits per heavy atom. The highest BCUT2D eigenvalue weighted by Crippen LogP contribution is 2.30. The third-order valence-corrected chi connectivity index (χ3v) is 3.71. The normalized spacial score (nSPS) is 10.3. The molecular formula is C13H13NO2S. The zero-order valence-electron chi connectivity index (χ0n) is 9.98. The number of benzene rings is 1. The SMILES string of the molecule is COc1ccc(-c2nc(C)c(C=O)s2)cc1C. The first-order valence-electron chi connectivity index (χ1n) is 5.23. The molecule has 0 aliphatic heterocycles. The lowest BCUT2D eigenvalue weighted by Gasteiger charge is -2.05.